The molecule has 0 aliphatic carbocycles. The largest absolute Gasteiger partial charge is 0.504 e. The van der Waals surface area contributed by atoms with E-state index in [4.69, 9.17) is 16.3 Å². The molecule has 2 amide bonds. The molecule has 2 rings (SSSR count). The fourth-order valence-corrected chi connectivity index (χ4v) is 1.86. The number of aromatic hydroxyl groups is 1. The molecule has 0 saturated carbocycles. The number of anilines is 1. The Bertz CT molecular complexity index is 704. The first-order chi connectivity index (χ1) is 10.6. The summed E-state index contributed by atoms with van der Waals surface area (Å²) in [5.41, 5.74) is 3.55. The van der Waals surface area contributed by atoms with Gasteiger partial charge in [-0.3, -0.25) is 0 Å². The molecule has 22 heavy (non-hydrogen) atoms. The van der Waals surface area contributed by atoms with Crippen molar-refractivity contribution in [2.45, 2.75) is 0 Å². The number of nitrogens with one attached hydrogen (secondary N) is 2. The highest BCUT2D eigenvalue weighted by Crippen LogP contribution is 2.25. The van der Waals surface area contributed by atoms with E-state index in [2.05, 4.69) is 15.8 Å². The molecule has 0 saturated heterocycles. The van der Waals surface area contributed by atoms with E-state index in [1.165, 1.54) is 19.4 Å². The van der Waals surface area contributed by atoms with E-state index in [1.807, 2.05) is 0 Å². The molecule has 0 aliphatic heterocycles. The molecule has 0 unspecified atom stereocenters. The van der Waals surface area contributed by atoms with Gasteiger partial charge in [-0.05, 0) is 42.0 Å². The van der Waals surface area contributed by atoms with E-state index in [0.717, 1.165) is 0 Å². The number of hydrogen-bond donors (Lipinski definition) is 3. The van der Waals surface area contributed by atoms with Crippen molar-refractivity contribution >= 4 is 29.5 Å². The maximum absolute atomic E-state index is 11.6. The number of benzene rings is 2. The van der Waals surface area contributed by atoms with Crippen LogP contribution in [0.25, 0.3) is 0 Å². The molecule has 0 fully saturated rings. The van der Waals surface area contributed by atoms with Crippen molar-refractivity contribution < 1.29 is 14.6 Å². The van der Waals surface area contributed by atoms with Crippen molar-refractivity contribution in [3.63, 3.8) is 0 Å². The lowest BCUT2D eigenvalue weighted by molar-refractivity contribution is 0.252. The highest BCUT2D eigenvalue weighted by atomic mass is 35.5. The topological polar surface area (TPSA) is 83.0 Å². The maximum Gasteiger partial charge on any atom is 0.339 e. The standard InChI is InChI=1S/C15H14ClN3O3/c1-22-14-7-10(5-6-13(14)20)9-17-19-15(21)18-12-4-2-3-11(16)8-12/h2-9,20H,1H3,(H2,18,19,21). The monoisotopic (exact) mass is 319 g/mol. The third kappa shape index (κ3) is 4.39. The van der Waals surface area contributed by atoms with Crippen LogP contribution in [-0.4, -0.2) is 24.5 Å². The molecule has 3 N–H and O–H groups in total. The Kier molecular flexibility index (Phi) is 5.21. The molecule has 2 aromatic rings. The van der Waals surface area contributed by atoms with Crippen LogP contribution >= 0.6 is 11.6 Å². The van der Waals surface area contributed by atoms with Crippen LogP contribution < -0.4 is 15.5 Å². The molecule has 0 atom stereocenters. The van der Waals surface area contributed by atoms with Crippen molar-refractivity contribution in [1.82, 2.24) is 5.43 Å². The van der Waals surface area contributed by atoms with Gasteiger partial charge in [0.05, 0.1) is 13.3 Å². The van der Waals surface area contributed by atoms with E-state index in [9.17, 15) is 9.90 Å². The van der Waals surface area contributed by atoms with Gasteiger partial charge in [-0.15, -0.1) is 0 Å². The first-order valence-electron chi connectivity index (χ1n) is 6.31. The van der Waals surface area contributed by atoms with E-state index in [1.54, 1.807) is 36.4 Å². The predicted octanol–water partition coefficient (Wildman–Crippen LogP) is 3.21. The number of carbonyl (C=O) groups excluding carboxylic acids is 1. The van der Waals surface area contributed by atoms with Gasteiger partial charge in [0.1, 0.15) is 0 Å². The first kappa shape index (κ1) is 15.7. The maximum atomic E-state index is 11.6. The van der Waals surface area contributed by atoms with Crippen molar-refractivity contribution in [3.8, 4) is 11.5 Å². The summed E-state index contributed by atoms with van der Waals surface area (Å²) in [6.07, 6.45) is 1.43. The summed E-state index contributed by atoms with van der Waals surface area (Å²) in [6, 6.07) is 11.0. The van der Waals surface area contributed by atoms with E-state index >= 15 is 0 Å². The number of hydrazone groups is 1. The van der Waals surface area contributed by atoms with Crippen molar-refractivity contribution in [3.05, 3.63) is 53.1 Å². The number of methoxy groups -OCH3 is 1. The smallest absolute Gasteiger partial charge is 0.339 e. The van der Waals surface area contributed by atoms with Gasteiger partial charge in [-0.2, -0.15) is 5.10 Å². The number of urea groups is 1. The third-order valence-corrected chi connectivity index (χ3v) is 2.90. The SMILES string of the molecule is COc1cc(C=NNC(=O)Nc2cccc(Cl)c2)ccc1O. The van der Waals surface area contributed by atoms with Gasteiger partial charge < -0.3 is 15.2 Å². The van der Waals surface area contributed by atoms with Crippen LogP contribution in [0.1, 0.15) is 5.56 Å². The number of halogens is 1. The lowest BCUT2D eigenvalue weighted by Crippen LogP contribution is -2.24. The Labute approximate surface area is 132 Å². The van der Waals surface area contributed by atoms with E-state index < -0.39 is 6.03 Å². The number of nitrogens with zero attached hydrogens (tertiary/aromatic N) is 1. The summed E-state index contributed by atoms with van der Waals surface area (Å²) in [6.45, 7) is 0. The molecule has 2 aromatic carbocycles. The van der Waals surface area contributed by atoms with Gasteiger partial charge >= 0.3 is 6.03 Å². The van der Waals surface area contributed by atoms with E-state index in [0.29, 0.717) is 22.0 Å². The van der Waals surface area contributed by atoms with Crippen LogP contribution in [-0.2, 0) is 0 Å². The van der Waals surface area contributed by atoms with Gasteiger partial charge in [0.15, 0.2) is 11.5 Å². The minimum absolute atomic E-state index is 0.0336. The number of phenols is 1. The van der Waals surface area contributed by atoms with Crippen LogP contribution in [0.2, 0.25) is 5.02 Å². The quantitative estimate of drug-likeness (QED) is 0.597. The summed E-state index contributed by atoms with van der Waals surface area (Å²) in [7, 11) is 1.45. The number of hydrogen-bond acceptors (Lipinski definition) is 4. The third-order valence-electron chi connectivity index (χ3n) is 2.67. The highest BCUT2D eigenvalue weighted by molar-refractivity contribution is 6.30. The summed E-state index contributed by atoms with van der Waals surface area (Å²) in [5.74, 6) is 0.360. The van der Waals surface area contributed by atoms with Gasteiger partial charge in [0, 0.05) is 10.7 Å². The van der Waals surface area contributed by atoms with Crippen LogP contribution in [0, 0.1) is 0 Å². The number of carbonyl (C=O) groups is 1. The van der Waals surface area contributed by atoms with Crippen molar-refractivity contribution in [1.29, 1.82) is 0 Å². The summed E-state index contributed by atoms with van der Waals surface area (Å²) in [5, 5.41) is 16.4. The zero-order valence-electron chi connectivity index (χ0n) is 11.7. The highest BCUT2D eigenvalue weighted by Gasteiger charge is 2.02. The molecule has 0 spiro atoms. The fourth-order valence-electron chi connectivity index (χ4n) is 1.67. The number of phenolic OH excluding ortho intramolecular Hbond substituents is 1. The first-order valence-corrected chi connectivity index (χ1v) is 6.69. The Morgan fingerprint density at radius 2 is 2.14 bits per heavy atom. The summed E-state index contributed by atoms with van der Waals surface area (Å²) < 4.78 is 4.98. The fraction of sp³-hybridized carbons (Fsp3) is 0.0667. The second kappa shape index (κ2) is 7.33. The molecule has 0 radical (unpaired) electrons. The zero-order valence-corrected chi connectivity index (χ0v) is 12.5. The van der Waals surface area contributed by atoms with Crippen LogP contribution in [0.5, 0.6) is 11.5 Å². The minimum atomic E-state index is -0.496. The molecule has 0 heterocycles. The van der Waals surface area contributed by atoms with Gasteiger partial charge in [0.2, 0.25) is 0 Å². The lowest BCUT2D eigenvalue weighted by Gasteiger charge is -2.05. The summed E-state index contributed by atoms with van der Waals surface area (Å²) >= 11 is 5.82. The van der Waals surface area contributed by atoms with Crippen LogP contribution in [0.4, 0.5) is 10.5 Å². The Morgan fingerprint density at radius 3 is 2.86 bits per heavy atom. The molecular formula is C15H14ClN3O3. The Hall–Kier alpha value is -2.73. The second-order valence-electron chi connectivity index (χ2n) is 4.27. The normalized spacial score (nSPS) is 10.5. The molecule has 6 nitrogen and oxygen atoms in total. The van der Waals surface area contributed by atoms with Crippen LogP contribution in [0.15, 0.2) is 47.6 Å². The van der Waals surface area contributed by atoms with Gasteiger partial charge in [0.25, 0.3) is 0 Å². The lowest BCUT2D eigenvalue weighted by atomic mass is 10.2. The zero-order chi connectivity index (χ0) is 15.9. The average molecular weight is 320 g/mol. The minimum Gasteiger partial charge on any atom is -0.504 e. The van der Waals surface area contributed by atoms with E-state index in [-0.39, 0.29) is 5.75 Å². The van der Waals surface area contributed by atoms with Crippen molar-refractivity contribution in [2.24, 2.45) is 5.10 Å². The average Bonchev–Trinajstić information content (AvgIpc) is 2.49. The number of rotatable bonds is 4. The molecule has 7 heteroatoms. The molecule has 0 aliphatic rings. The number of ether oxygens (including phenoxy) is 1. The summed E-state index contributed by atoms with van der Waals surface area (Å²) in [4.78, 5) is 11.6. The Morgan fingerprint density at radius 1 is 1.32 bits per heavy atom. The van der Waals surface area contributed by atoms with Gasteiger partial charge in [-0.1, -0.05) is 17.7 Å². The van der Waals surface area contributed by atoms with Crippen molar-refractivity contribution in [2.75, 3.05) is 12.4 Å². The molecular weight excluding hydrogens is 306 g/mol. The molecule has 114 valence electrons. The van der Waals surface area contributed by atoms with Crippen LogP contribution in [0.3, 0.4) is 0 Å². The predicted molar refractivity (Wildman–Crippen MR) is 85.9 cm³/mol. The molecule has 0 bridgehead atoms. The number of amides is 2. The second-order valence-corrected chi connectivity index (χ2v) is 4.70. The Balaban J connectivity index is 1.93. The molecule has 0 aromatic heterocycles. The van der Waals surface area contributed by atoms with Gasteiger partial charge in [-0.25, -0.2) is 10.2 Å².